The second-order valence-electron chi connectivity index (χ2n) is 5.69. The number of rotatable bonds is 6. The molecular weight excluding hydrogens is 356 g/mol. The van der Waals surface area contributed by atoms with Crippen LogP contribution in [0.5, 0.6) is 23.0 Å². The Kier molecular flexibility index (Phi) is 4.94. The predicted molar refractivity (Wildman–Crippen MR) is 97.7 cm³/mol. The molecule has 0 spiro atoms. The fourth-order valence-electron chi connectivity index (χ4n) is 2.49. The maximum absolute atomic E-state index is 11.3. The first-order chi connectivity index (χ1) is 12.4. The number of ether oxygens (including phenoxy) is 3. The molecule has 3 aromatic rings. The van der Waals surface area contributed by atoms with Gasteiger partial charge in [0.1, 0.15) is 11.5 Å². The van der Waals surface area contributed by atoms with Crippen LogP contribution in [0.4, 0.5) is 0 Å². The summed E-state index contributed by atoms with van der Waals surface area (Å²) < 4.78 is 39.2. The van der Waals surface area contributed by atoms with Crippen LogP contribution in [0, 0.1) is 0 Å². The molecule has 26 heavy (non-hydrogen) atoms. The zero-order valence-corrected chi connectivity index (χ0v) is 15.4. The molecule has 0 fully saturated rings. The topological polar surface area (TPSA) is 87.6 Å². The zero-order valence-electron chi connectivity index (χ0n) is 14.6. The van der Waals surface area contributed by atoms with Crippen LogP contribution in [0.2, 0.25) is 0 Å². The minimum Gasteiger partial charge on any atom is -0.493 e. The first-order valence-electron chi connectivity index (χ1n) is 7.71. The van der Waals surface area contributed by atoms with Crippen molar-refractivity contribution in [1.29, 1.82) is 0 Å². The Hall–Kier alpha value is -2.87. The van der Waals surface area contributed by atoms with Gasteiger partial charge in [-0.25, -0.2) is 8.42 Å². The lowest BCUT2D eigenvalue weighted by Crippen LogP contribution is -2.02. The standard InChI is InChI=1S/C18H18N2O5S/c1-23-17-8-14-15(9-18(17)24-2)19-7-6-16(14)25-13-5-4-12(20-10-13)11-26(3,21)22/h4-10H,11H2,1-3H3. The molecule has 0 radical (unpaired) electrons. The van der Waals surface area contributed by atoms with E-state index in [-0.39, 0.29) is 5.75 Å². The first-order valence-corrected chi connectivity index (χ1v) is 9.77. The van der Waals surface area contributed by atoms with Crippen molar-refractivity contribution in [3.63, 3.8) is 0 Å². The van der Waals surface area contributed by atoms with Crippen LogP contribution in [-0.4, -0.2) is 38.9 Å². The summed E-state index contributed by atoms with van der Waals surface area (Å²) in [4.78, 5) is 8.46. The number of hydrogen-bond acceptors (Lipinski definition) is 7. The van der Waals surface area contributed by atoms with Crippen LogP contribution in [-0.2, 0) is 15.6 Å². The number of sulfone groups is 1. The van der Waals surface area contributed by atoms with Crippen molar-refractivity contribution in [3.05, 3.63) is 48.4 Å². The molecule has 2 aromatic heterocycles. The highest BCUT2D eigenvalue weighted by atomic mass is 32.2. The van der Waals surface area contributed by atoms with E-state index in [2.05, 4.69) is 9.97 Å². The third kappa shape index (κ3) is 4.02. The zero-order chi connectivity index (χ0) is 18.7. The summed E-state index contributed by atoms with van der Waals surface area (Å²) in [5.74, 6) is 2.11. The highest BCUT2D eigenvalue weighted by Crippen LogP contribution is 2.36. The molecule has 8 heteroatoms. The Bertz CT molecular complexity index is 1030. The molecule has 7 nitrogen and oxygen atoms in total. The molecule has 0 atom stereocenters. The molecule has 0 aliphatic carbocycles. The fourth-order valence-corrected chi connectivity index (χ4v) is 3.20. The average Bonchev–Trinajstić information content (AvgIpc) is 2.61. The van der Waals surface area contributed by atoms with Gasteiger partial charge in [0.25, 0.3) is 0 Å². The van der Waals surface area contributed by atoms with Gasteiger partial charge in [-0.05, 0) is 24.3 Å². The number of aromatic nitrogens is 2. The minimum atomic E-state index is -3.13. The van der Waals surface area contributed by atoms with E-state index in [1.165, 1.54) is 12.5 Å². The van der Waals surface area contributed by atoms with Gasteiger partial charge in [0.2, 0.25) is 0 Å². The van der Waals surface area contributed by atoms with E-state index in [9.17, 15) is 8.42 Å². The van der Waals surface area contributed by atoms with Crippen LogP contribution >= 0.6 is 0 Å². The highest BCUT2D eigenvalue weighted by Gasteiger charge is 2.12. The normalized spacial score (nSPS) is 11.3. The van der Waals surface area contributed by atoms with Crippen LogP contribution in [0.25, 0.3) is 10.9 Å². The monoisotopic (exact) mass is 374 g/mol. The molecule has 0 aliphatic rings. The Labute approximate surface area is 151 Å². The number of hydrogen-bond donors (Lipinski definition) is 0. The molecule has 0 saturated carbocycles. The lowest BCUT2D eigenvalue weighted by molar-refractivity contribution is 0.355. The van der Waals surface area contributed by atoms with Crippen molar-refractivity contribution in [2.24, 2.45) is 0 Å². The van der Waals surface area contributed by atoms with Gasteiger partial charge >= 0.3 is 0 Å². The van der Waals surface area contributed by atoms with Gasteiger partial charge in [0.15, 0.2) is 21.3 Å². The molecule has 136 valence electrons. The van der Waals surface area contributed by atoms with Crippen LogP contribution in [0.3, 0.4) is 0 Å². The van der Waals surface area contributed by atoms with Gasteiger partial charge in [-0.3, -0.25) is 9.97 Å². The van der Waals surface area contributed by atoms with E-state index in [4.69, 9.17) is 14.2 Å². The second-order valence-corrected chi connectivity index (χ2v) is 7.83. The SMILES string of the molecule is COc1cc2nccc(Oc3ccc(CS(C)(=O)=O)nc3)c2cc1OC. The lowest BCUT2D eigenvalue weighted by atomic mass is 10.2. The lowest BCUT2D eigenvalue weighted by Gasteiger charge is -2.12. The van der Waals surface area contributed by atoms with E-state index in [1.807, 2.05) is 0 Å². The molecule has 0 amide bonds. The van der Waals surface area contributed by atoms with Crippen molar-refractivity contribution in [3.8, 4) is 23.0 Å². The van der Waals surface area contributed by atoms with Crippen molar-refractivity contribution in [1.82, 2.24) is 9.97 Å². The van der Waals surface area contributed by atoms with Crippen molar-refractivity contribution in [2.75, 3.05) is 20.5 Å². The molecule has 3 rings (SSSR count). The summed E-state index contributed by atoms with van der Waals surface area (Å²) in [6.07, 6.45) is 4.30. The van der Waals surface area contributed by atoms with Gasteiger partial charge in [-0.2, -0.15) is 0 Å². The summed E-state index contributed by atoms with van der Waals surface area (Å²) in [6, 6.07) is 8.61. The van der Waals surface area contributed by atoms with Gasteiger partial charge < -0.3 is 14.2 Å². The largest absolute Gasteiger partial charge is 0.493 e. The van der Waals surface area contributed by atoms with E-state index in [0.29, 0.717) is 34.2 Å². The van der Waals surface area contributed by atoms with Crippen molar-refractivity contribution >= 4 is 20.7 Å². The minimum absolute atomic E-state index is 0.109. The Morgan fingerprint density at radius 2 is 1.69 bits per heavy atom. The quantitative estimate of drug-likeness (QED) is 0.655. The Morgan fingerprint density at radius 3 is 2.31 bits per heavy atom. The van der Waals surface area contributed by atoms with E-state index >= 15 is 0 Å². The third-order valence-electron chi connectivity index (χ3n) is 3.64. The van der Waals surface area contributed by atoms with Crippen LogP contribution in [0.1, 0.15) is 5.69 Å². The predicted octanol–water partition coefficient (Wildman–Crippen LogP) is 2.98. The molecular formula is C18H18N2O5S. The smallest absolute Gasteiger partial charge is 0.162 e. The molecule has 0 N–H and O–H groups in total. The molecule has 0 saturated heterocycles. The van der Waals surface area contributed by atoms with E-state index in [1.54, 1.807) is 50.7 Å². The number of fused-ring (bicyclic) bond motifs is 1. The highest BCUT2D eigenvalue weighted by molar-refractivity contribution is 7.89. The van der Waals surface area contributed by atoms with Gasteiger partial charge in [0.05, 0.1) is 37.4 Å². The molecule has 2 heterocycles. The molecule has 0 aliphatic heterocycles. The number of nitrogens with zero attached hydrogens (tertiary/aromatic N) is 2. The molecule has 0 bridgehead atoms. The van der Waals surface area contributed by atoms with Gasteiger partial charge in [0, 0.05) is 23.9 Å². The van der Waals surface area contributed by atoms with Crippen LogP contribution < -0.4 is 14.2 Å². The second kappa shape index (κ2) is 7.17. The van der Waals surface area contributed by atoms with E-state index in [0.717, 1.165) is 5.39 Å². The number of methoxy groups -OCH3 is 2. The summed E-state index contributed by atoms with van der Waals surface area (Å²) in [5, 5.41) is 0.755. The Balaban J connectivity index is 1.93. The first kappa shape index (κ1) is 17.9. The van der Waals surface area contributed by atoms with Crippen molar-refractivity contribution < 1.29 is 22.6 Å². The number of pyridine rings is 2. The van der Waals surface area contributed by atoms with Crippen LogP contribution in [0.15, 0.2) is 42.7 Å². The summed E-state index contributed by atoms with van der Waals surface area (Å²) in [7, 11) is -0.00561. The maximum atomic E-state index is 11.3. The average molecular weight is 374 g/mol. The Morgan fingerprint density at radius 1 is 0.962 bits per heavy atom. The fraction of sp³-hybridized carbons (Fsp3) is 0.222. The third-order valence-corrected chi connectivity index (χ3v) is 4.46. The van der Waals surface area contributed by atoms with Gasteiger partial charge in [-0.15, -0.1) is 0 Å². The van der Waals surface area contributed by atoms with Gasteiger partial charge in [-0.1, -0.05) is 0 Å². The number of benzene rings is 1. The van der Waals surface area contributed by atoms with E-state index < -0.39 is 9.84 Å². The summed E-state index contributed by atoms with van der Waals surface area (Å²) >= 11 is 0. The maximum Gasteiger partial charge on any atom is 0.162 e. The van der Waals surface area contributed by atoms with Crippen molar-refractivity contribution in [2.45, 2.75) is 5.75 Å². The molecule has 0 unspecified atom stereocenters. The molecule has 1 aromatic carbocycles. The summed E-state index contributed by atoms with van der Waals surface area (Å²) in [6.45, 7) is 0. The summed E-state index contributed by atoms with van der Waals surface area (Å²) in [5.41, 5.74) is 1.16.